The number of carbonyl (C=O) groups excluding carboxylic acids is 2. The standard InChI is InChI=1S/C11H20O2.H4N2/c1-10(2,3)8(12)7-9(13)11(4,5)6;1-2/h7H2,1-6H3;1-2H2. The van der Waals surface area contributed by atoms with Crippen molar-refractivity contribution in [3.8, 4) is 0 Å². The highest BCUT2D eigenvalue weighted by molar-refractivity contribution is 6.03. The number of ketones is 2. The Labute approximate surface area is 92.4 Å². The van der Waals surface area contributed by atoms with Gasteiger partial charge in [-0.25, -0.2) is 0 Å². The molecule has 0 aromatic heterocycles. The van der Waals surface area contributed by atoms with Crippen molar-refractivity contribution in [3.05, 3.63) is 0 Å². The van der Waals surface area contributed by atoms with Crippen LogP contribution in [0.15, 0.2) is 0 Å². The lowest BCUT2D eigenvalue weighted by molar-refractivity contribution is -0.135. The summed E-state index contributed by atoms with van der Waals surface area (Å²) in [5.74, 6) is 8.04. The normalized spacial score (nSPS) is 11.5. The molecule has 0 aliphatic carbocycles. The molecule has 4 N–H and O–H groups in total. The highest BCUT2D eigenvalue weighted by Crippen LogP contribution is 2.22. The summed E-state index contributed by atoms with van der Waals surface area (Å²) >= 11 is 0. The Balaban J connectivity index is 0. The van der Waals surface area contributed by atoms with Crippen molar-refractivity contribution in [2.45, 2.75) is 48.0 Å². The lowest BCUT2D eigenvalue weighted by Crippen LogP contribution is -2.28. The molecule has 0 spiro atoms. The van der Waals surface area contributed by atoms with Crippen LogP contribution < -0.4 is 11.7 Å². The van der Waals surface area contributed by atoms with Gasteiger partial charge in [0, 0.05) is 10.8 Å². The first-order chi connectivity index (χ1) is 6.55. The molecule has 0 aliphatic rings. The van der Waals surface area contributed by atoms with Gasteiger partial charge in [0.25, 0.3) is 0 Å². The molecule has 0 rings (SSSR count). The number of Topliss-reactive ketones (excluding diaryl/α,β-unsaturated/α-hetero) is 2. The van der Waals surface area contributed by atoms with Gasteiger partial charge in [0.05, 0.1) is 6.42 Å². The molecule has 0 amide bonds. The minimum Gasteiger partial charge on any atom is -0.299 e. The average molecular weight is 216 g/mol. The molecule has 0 radical (unpaired) electrons. The molecule has 4 nitrogen and oxygen atoms in total. The zero-order valence-corrected chi connectivity index (χ0v) is 10.7. The van der Waals surface area contributed by atoms with E-state index < -0.39 is 10.8 Å². The van der Waals surface area contributed by atoms with Crippen molar-refractivity contribution in [2.75, 3.05) is 0 Å². The van der Waals surface area contributed by atoms with E-state index in [1.54, 1.807) is 0 Å². The molecule has 0 unspecified atom stereocenters. The quantitative estimate of drug-likeness (QED) is 0.415. The van der Waals surface area contributed by atoms with Crippen LogP contribution >= 0.6 is 0 Å². The number of nitrogens with two attached hydrogens (primary N) is 2. The van der Waals surface area contributed by atoms with Crippen molar-refractivity contribution in [3.63, 3.8) is 0 Å². The fourth-order valence-corrected chi connectivity index (χ4v) is 0.676. The Morgan fingerprint density at radius 1 is 0.800 bits per heavy atom. The smallest absolute Gasteiger partial charge is 0.145 e. The summed E-state index contributed by atoms with van der Waals surface area (Å²) in [5, 5.41) is 0. The molecular formula is C11H24N2O2. The van der Waals surface area contributed by atoms with Crippen LogP contribution in [0.5, 0.6) is 0 Å². The first kappa shape index (κ1) is 16.7. The molecule has 0 bridgehead atoms. The fraction of sp³-hybridized carbons (Fsp3) is 0.818. The summed E-state index contributed by atoms with van der Waals surface area (Å²) in [6.07, 6.45) is 0.0625. The van der Waals surface area contributed by atoms with Crippen LogP contribution in [0.4, 0.5) is 0 Å². The second-order valence-corrected chi connectivity index (χ2v) is 5.52. The summed E-state index contributed by atoms with van der Waals surface area (Å²) in [6, 6.07) is 0. The molecule has 0 saturated heterocycles. The Hall–Kier alpha value is -0.740. The average Bonchev–Trinajstić information content (AvgIpc) is 2.04. The second-order valence-electron chi connectivity index (χ2n) is 5.52. The van der Waals surface area contributed by atoms with Gasteiger partial charge < -0.3 is 0 Å². The van der Waals surface area contributed by atoms with Gasteiger partial charge in [0.2, 0.25) is 0 Å². The molecule has 0 heterocycles. The van der Waals surface area contributed by atoms with Crippen LogP contribution in [0, 0.1) is 10.8 Å². The fourth-order valence-electron chi connectivity index (χ4n) is 0.676. The lowest BCUT2D eigenvalue weighted by atomic mass is 9.82. The van der Waals surface area contributed by atoms with Crippen molar-refractivity contribution in [2.24, 2.45) is 22.5 Å². The van der Waals surface area contributed by atoms with E-state index in [0.717, 1.165) is 0 Å². The van der Waals surface area contributed by atoms with Crippen molar-refractivity contribution in [1.29, 1.82) is 0 Å². The molecule has 4 heteroatoms. The molecule has 0 aromatic rings. The van der Waals surface area contributed by atoms with Crippen LogP contribution in [0.25, 0.3) is 0 Å². The van der Waals surface area contributed by atoms with Crippen molar-refractivity contribution < 1.29 is 9.59 Å². The van der Waals surface area contributed by atoms with Gasteiger partial charge in [-0.15, -0.1) is 0 Å². The van der Waals surface area contributed by atoms with E-state index in [1.807, 2.05) is 41.5 Å². The first-order valence-corrected chi connectivity index (χ1v) is 4.95. The summed E-state index contributed by atoms with van der Waals surface area (Å²) < 4.78 is 0. The first-order valence-electron chi connectivity index (χ1n) is 4.95. The molecule has 15 heavy (non-hydrogen) atoms. The topological polar surface area (TPSA) is 86.2 Å². The summed E-state index contributed by atoms with van der Waals surface area (Å²) in [4.78, 5) is 23.0. The van der Waals surface area contributed by atoms with E-state index in [4.69, 9.17) is 0 Å². The van der Waals surface area contributed by atoms with Crippen molar-refractivity contribution >= 4 is 11.6 Å². The molecule has 0 atom stereocenters. The van der Waals surface area contributed by atoms with Gasteiger partial charge in [-0.2, -0.15) is 0 Å². The van der Waals surface area contributed by atoms with E-state index in [1.165, 1.54) is 0 Å². The van der Waals surface area contributed by atoms with Gasteiger partial charge in [-0.05, 0) is 0 Å². The number of rotatable bonds is 2. The molecule has 90 valence electrons. The Bertz CT molecular complexity index is 198. The van der Waals surface area contributed by atoms with Gasteiger partial charge in [0.15, 0.2) is 0 Å². The number of carbonyl (C=O) groups is 2. The molecule has 0 aliphatic heterocycles. The molecule has 0 fully saturated rings. The Kier molecular flexibility index (Phi) is 6.65. The summed E-state index contributed by atoms with van der Waals surface area (Å²) in [7, 11) is 0. The maximum atomic E-state index is 11.5. The highest BCUT2D eigenvalue weighted by Gasteiger charge is 2.28. The summed E-state index contributed by atoms with van der Waals surface area (Å²) in [5.41, 5.74) is -0.804. The van der Waals surface area contributed by atoms with Crippen molar-refractivity contribution in [1.82, 2.24) is 0 Å². The Morgan fingerprint density at radius 2 is 1.00 bits per heavy atom. The van der Waals surface area contributed by atoms with E-state index in [-0.39, 0.29) is 18.0 Å². The second kappa shape index (κ2) is 5.98. The van der Waals surface area contributed by atoms with E-state index in [9.17, 15) is 9.59 Å². The van der Waals surface area contributed by atoms with Gasteiger partial charge in [-0.1, -0.05) is 41.5 Å². The third-order valence-corrected chi connectivity index (χ3v) is 1.99. The van der Waals surface area contributed by atoms with E-state index in [0.29, 0.717) is 0 Å². The molecule has 0 saturated carbocycles. The maximum Gasteiger partial charge on any atom is 0.145 e. The van der Waals surface area contributed by atoms with Crippen LogP contribution in [0.2, 0.25) is 0 Å². The zero-order valence-electron chi connectivity index (χ0n) is 10.7. The van der Waals surface area contributed by atoms with Gasteiger partial charge in [-0.3, -0.25) is 21.3 Å². The molecule has 0 aromatic carbocycles. The highest BCUT2D eigenvalue weighted by atomic mass is 16.1. The number of hydrogen-bond acceptors (Lipinski definition) is 4. The van der Waals surface area contributed by atoms with Crippen LogP contribution in [0.3, 0.4) is 0 Å². The Morgan fingerprint density at radius 3 is 1.13 bits per heavy atom. The number of hydrazine groups is 1. The SMILES string of the molecule is CC(C)(C)C(=O)CC(=O)C(C)(C)C.NN. The van der Waals surface area contributed by atoms with Crippen LogP contribution in [-0.4, -0.2) is 11.6 Å². The predicted octanol–water partition coefficient (Wildman–Crippen LogP) is 1.43. The van der Waals surface area contributed by atoms with Gasteiger partial charge in [0.1, 0.15) is 11.6 Å². The van der Waals surface area contributed by atoms with Gasteiger partial charge >= 0.3 is 0 Å². The van der Waals surface area contributed by atoms with Crippen LogP contribution in [0.1, 0.15) is 48.0 Å². The number of hydrogen-bond donors (Lipinski definition) is 2. The minimum atomic E-state index is -0.402. The lowest BCUT2D eigenvalue weighted by Gasteiger charge is -2.20. The third-order valence-electron chi connectivity index (χ3n) is 1.99. The van der Waals surface area contributed by atoms with E-state index in [2.05, 4.69) is 11.7 Å². The maximum absolute atomic E-state index is 11.5. The third kappa shape index (κ3) is 7.22. The monoisotopic (exact) mass is 216 g/mol. The molecular weight excluding hydrogens is 192 g/mol. The van der Waals surface area contributed by atoms with Crippen LogP contribution in [-0.2, 0) is 9.59 Å². The van der Waals surface area contributed by atoms with E-state index >= 15 is 0 Å². The largest absolute Gasteiger partial charge is 0.299 e. The minimum absolute atomic E-state index is 0.0208. The predicted molar refractivity (Wildman–Crippen MR) is 61.9 cm³/mol. The summed E-state index contributed by atoms with van der Waals surface area (Å²) in [6.45, 7) is 11.0. The zero-order chi connectivity index (χ0) is 12.9.